The molecule has 0 spiro atoms. The largest absolute Gasteiger partial charge is 0.462 e. The number of ether oxygens (including phenoxy) is 3. The van der Waals surface area contributed by atoms with Crippen LogP contribution < -0.4 is 0 Å². The van der Waals surface area contributed by atoms with Crippen LogP contribution in [0.3, 0.4) is 0 Å². The summed E-state index contributed by atoms with van der Waals surface area (Å²) in [5.41, 5.74) is 0. The Bertz CT molecular complexity index is 871. The molecule has 0 aromatic heterocycles. The van der Waals surface area contributed by atoms with Crippen molar-refractivity contribution in [3.05, 3.63) is 48.6 Å². The molecule has 1 unspecified atom stereocenters. The summed E-state index contributed by atoms with van der Waals surface area (Å²) in [6.07, 6.45) is 41.2. The second kappa shape index (κ2) is 37.2. The molecule has 0 aromatic rings. The van der Waals surface area contributed by atoms with Crippen molar-refractivity contribution < 1.29 is 28.6 Å². The molecule has 0 rings (SSSR count). The fourth-order valence-electron chi connectivity index (χ4n) is 5.09. The monoisotopic (exact) mass is 673 g/mol. The summed E-state index contributed by atoms with van der Waals surface area (Å²) in [7, 11) is 0. The summed E-state index contributed by atoms with van der Waals surface area (Å²) in [5, 5.41) is 0. The van der Waals surface area contributed by atoms with Gasteiger partial charge in [0.15, 0.2) is 6.10 Å². The van der Waals surface area contributed by atoms with Crippen LogP contribution in [0, 0.1) is 0 Å². The standard InChI is InChI=1S/C42H72O6/c1-4-7-10-13-15-17-19-21-23-24-26-29-32-35-41(44)47-38-39(37-46-40(43)34-31-28-12-9-6-3)48-42(45)36-33-30-27-25-22-20-18-16-14-11-8-5-2/h7,10,15-18,21,23,39H,4-6,8-9,11-14,19-20,22,24-38H2,1-3H3/b10-7-,17-15-,18-16-,23-21-. The van der Waals surface area contributed by atoms with E-state index in [4.69, 9.17) is 14.2 Å². The smallest absolute Gasteiger partial charge is 0.306 e. The molecule has 0 N–H and O–H groups in total. The van der Waals surface area contributed by atoms with Gasteiger partial charge in [0.1, 0.15) is 13.2 Å². The highest BCUT2D eigenvalue weighted by atomic mass is 16.6. The van der Waals surface area contributed by atoms with Gasteiger partial charge >= 0.3 is 17.9 Å². The first-order valence-corrected chi connectivity index (χ1v) is 19.6. The first kappa shape index (κ1) is 45.4. The molecule has 0 amide bonds. The van der Waals surface area contributed by atoms with Crippen molar-refractivity contribution in [1.82, 2.24) is 0 Å². The van der Waals surface area contributed by atoms with Crippen LogP contribution in [-0.4, -0.2) is 37.2 Å². The van der Waals surface area contributed by atoms with Crippen molar-refractivity contribution in [3.63, 3.8) is 0 Å². The summed E-state index contributed by atoms with van der Waals surface area (Å²) in [6, 6.07) is 0. The van der Waals surface area contributed by atoms with Gasteiger partial charge in [-0.1, -0.05) is 134 Å². The maximum Gasteiger partial charge on any atom is 0.306 e. The molecule has 0 fully saturated rings. The van der Waals surface area contributed by atoms with Crippen LogP contribution >= 0.6 is 0 Å². The lowest BCUT2D eigenvalue weighted by atomic mass is 10.1. The second-order valence-electron chi connectivity index (χ2n) is 12.8. The van der Waals surface area contributed by atoms with E-state index in [1.54, 1.807) is 0 Å². The molecule has 276 valence electrons. The summed E-state index contributed by atoms with van der Waals surface area (Å²) in [5.74, 6) is -0.950. The molecule has 0 heterocycles. The number of rotatable bonds is 34. The molecule has 48 heavy (non-hydrogen) atoms. The van der Waals surface area contributed by atoms with E-state index in [-0.39, 0.29) is 31.1 Å². The summed E-state index contributed by atoms with van der Waals surface area (Å²) < 4.78 is 16.5. The van der Waals surface area contributed by atoms with E-state index in [0.717, 1.165) is 103 Å². The minimum atomic E-state index is -0.781. The molecular formula is C42H72O6. The van der Waals surface area contributed by atoms with Gasteiger partial charge in [0.05, 0.1) is 0 Å². The summed E-state index contributed by atoms with van der Waals surface area (Å²) in [4.78, 5) is 37.2. The fourth-order valence-corrected chi connectivity index (χ4v) is 5.09. The Morgan fingerprint density at radius 2 is 0.812 bits per heavy atom. The van der Waals surface area contributed by atoms with Crippen LogP contribution in [-0.2, 0) is 28.6 Å². The lowest BCUT2D eigenvalue weighted by Gasteiger charge is -2.18. The third-order valence-corrected chi connectivity index (χ3v) is 8.07. The average molecular weight is 673 g/mol. The Kier molecular flexibility index (Phi) is 35.2. The van der Waals surface area contributed by atoms with Crippen molar-refractivity contribution in [1.29, 1.82) is 0 Å². The molecule has 0 aliphatic heterocycles. The number of hydrogen-bond acceptors (Lipinski definition) is 6. The van der Waals surface area contributed by atoms with Gasteiger partial charge in [-0.3, -0.25) is 14.4 Å². The van der Waals surface area contributed by atoms with E-state index in [0.29, 0.717) is 19.3 Å². The fraction of sp³-hybridized carbons (Fsp3) is 0.738. The van der Waals surface area contributed by atoms with Crippen molar-refractivity contribution >= 4 is 17.9 Å². The number of esters is 3. The predicted octanol–water partition coefficient (Wildman–Crippen LogP) is 12.0. The Morgan fingerprint density at radius 3 is 1.35 bits per heavy atom. The maximum absolute atomic E-state index is 12.6. The van der Waals surface area contributed by atoms with Crippen molar-refractivity contribution in [3.8, 4) is 0 Å². The highest BCUT2D eigenvalue weighted by molar-refractivity contribution is 5.71. The molecule has 0 bridgehead atoms. The number of unbranched alkanes of at least 4 members (excludes halogenated alkanes) is 15. The van der Waals surface area contributed by atoms with E-state index >= 15 is 0 Å². The minimum absolute atomic E-state index is 0.0876. The molecule has 0 aliphatic rings. The topological polar surface area (TPSA) is 78.9 Å². The van der Waals surface area contributed by atoms with Gasteiger partial charge in [-0.2, -0.15) is 0 Å². The zero-order chi connectivity index (χ0) is 35.2. The zero-order valence-corrected chi connectivity index (χ0v) is 31.2. The van der Waals surface area contributed by atoms with E-state index in [1.165, 1.54) is 38.5 Å². The van der Waals surface area contributed by atoms with Gasteiger partial charge in [0.2, 0.25) is 0 Å². The number of allylic oxidation sites excluding steroid dienone is 8. The van der Waals surface area contributed by atoms with Gasteiger partial charge in [0.25, 0.3) is 0 Å². The lowest BCUT2D eigenvalue weighted by Crippen LogP contribution is -2.30. The van der Waals surface area contributed by atoms with Crippen LogP contribution in [0.4, 0.5) is 0 Å². The van der Waals surface area contributed by atoms with Crippen LogP contribution in [0.15, 0.2) is 48.6 Å². The lowest BCUT2D eigenvalue weighted by molar-refractivity contribution is -0.167. The Balaban J connectivity index is 4.36. The van der Waals surface area contributed by atoms with E-state index in [2.05, 4.69) is 69.4 Å². The van der Waals surface area contributed by atoms with Crippen LogP contribution in [0.5, 0.6) is 0 Å². The summed E-state index contributed by atoms with van der Waals surface area (Å²) in [6.45, 7) is 6.35. The van der Waals surface area contributed by atoms with Crippen molar-refractivity contribution in [2.24, 2.45) is 0 Å². The molecule has 0 saturated carbocycles. The molecule has 0 radical (unpaired) electrons. The molecule has 0 saturated heterocycles. The first-order valence-electron chi connectivity index (χ1n) is 19.6. The molecule has 6 nitrogen and oxygen atoms in total. The van der Waals surface area contributed by atoms with Gasteiger partial charge < -0.3 is 14.2 Å². The SMILES string of the molecule is CC/C=C\C/C=C\C/C=C\CCCCCC(=O)OCC(COC(=O)CCCCCCC)OC(=O)CCCCCCC/C=C\CCCCC. The molecule has 6 heteroatoms. The summed E-state index contributed by atoms with van der Waals surface area (Å²) >= 11 is 0. The minimum Gasteiger partial charge on any atom is -0.462 e. The highest BCUT2D eigenvalue weighted by Crippen LogP contribution is 2.12. The van der Waals surface area contributed by atoms with Gasteiger partial charge in [0, 0.05) is 19.3 Å². The van der Waals surface area contributed by atoms with Crippen molar-refractivity contribution in [2.75, 3.05) is 13.2 Å². The number of carbonyl (C=O) groups is 3. The highest BCUT2D eigenvalue weighted by Gasteiger charge is 2.19. The van der Waals surface area contributed by atoms with Crippen LogP contribution in [0.2, 0.25) is 0 Å². The van der Waals surface area contributed by atoms with Crippen LogP contribution in [0.25, 0.3) is 0 Å². The van der Waals surface area contributed by atoms with Gasteiger partial charge in [-0.05, 0) is 77.0 Å². The Morgan fingerprint density at radius 1 is 0.438 bits per heavy atom. The van der Waals surface area contributed by atoms with E-state index < -0.39 is 6.10 Å². The number of carbonyl (C=O) groups excluding carboxylic acids is 3. The average Bonchev–Trinajstić information content (AvgIpc) is 3.08. The van der Waals surface area contributed by atoms with E-state index in [1.807, 2.05) is 0 Å². The Labute approximate surface area is 295 Å². The zero-order valence-electron chi connectivity index (χ0n) is 31.2. The van der Waals surface area contributed by atoms with E-state index in [9.17, 15) is 14.4 Å². The molecule has 0 aromatic carbocycles. The third kappa shape index (κ3) is 34.7. The molecule has 0 aliphatic carbocycles. The number of hydrogen-bond donors (Lipinski definition) is 0. The third-order valence-electron chi connectivity index (χ3n) is 8.07. The van der Waals surface area contributed by atoms with Gasteiger partial charge in [-0.25, -0.2) is 0 Å². The normalized spacial score (nSPS) is 12.5. The first-order chi connectivity index (χ1) is 23.5. The van der Waals surface area contributed by atoms with Gasteiger partial charge in [-0.15, -0.1) is 0 Å². The molecule has 1 atom stereocenters. The van der Waals surface area contributed by atoms with Crippen LogP contribution in [0.1, 0.15) is 181 Å². The molecular weight excluding hydrogens is 600 g/mol. The maximum atomic E-state index is 12.6. The quantitative estimate of drug-likeness (QED) is 0.0293. The Hall–Kier alpha value is -2.63. The second-order valence-corrected chi connectivity index (χ2v) is 12.8. The predicted molar refractivity (Wildman–Crippen MR) is 201 cm³/mol. The van der Waals surface area contributed by atoms with Crippen molar-refractivity contribution in [2.45, 2.75) is 187 Å².